The van der Waals surface area contributed by atoms with Crippen LogP contribution < -0.4 is 9.96 Å². The minimum atomic E-state index is -3.93. The number of hydrogen-bond donors (Lipinski definition) is 1. The molecule has 1 radical (unpaired) electrons. The van der Waals surface area contributed by atoms with Crippen molar-refractivity contribution in [2.45, 2.75) is 23.8 Å². The number of nitrogens with one attached hydrogen (secondary N) is 1. The Morgan fingerprint density at radius 2 is 1.83 bits per heavy atom. The SMILES string of the molecule is N#Cc1ccc(Oc2cc(Cl)cc(Cl)c2)c(S(=O)(=O)N2CCC(N[B]C=O)CC2)c1. The van der Waals surface area contributed by atoms with Gasteiger partial charge in [-0.05, 0) is 55.3 Å². The summed E-state index contributed by atoms with van der Waals surface area (Å²) in [6.45, 7) is 0.540. The Labute approximate surface area is 185 Å². The molecular formula is C19H17BCl2N3O4S. The van der Waals surface area contributed by atoms with Gasteiger partial charge in [0.15, 0.2) is 0 Å². The summed E-state index contributed by atoms with van der Waals surface area (Å²) in [4.78, 5) is 10.4. The molecule has 2 aromatic rings. The molecule has 155 valence electrons. The summed E-state index contributed by atoms with van der Waals surface area (Å²) < 4.78 is 33.8. The highest BCUT2D eigenvalue weighted by atomic mass is 35.5. The van der Waals surface area contributed by atoms with Gasteiger partial charge in [-0.1, -0.05) is 23.2 Å². The molecule has 1 fully saturated rings. The molecule has 1 aliphatic rings. The first-order chi connectivity index (χ1) is 14.3. The molecule has 0 spiro atoms. The fourth-order valence-electron chi connectivity index (χ4n) is 3.16. The largest absolute Gasteiger partial charge is 0.456 e. The molecule has 0 amide bonds. The van der Waals surface area contributed by atoms with E-state index in [-0.39, 0.29) is 41.1 Å². The first kappa shape index (κ1) is 22.6. The third-order valence-corrected chi connectivity index (χ3v) is 6.96. The van der Waals surface area contributed by atoms with Gasteiger partial charge in [-0.3, -0.25) is 0 Å². The number of hydrogen-bond acceptors (Lipinski definition) is 6. The van der Waals surface area contributed by atoms with E-state index < -0.39 is 10.0 Å². The number of nitriles is 1. The van der Waals surface area contributed by atoms with Crippen LogP contribution in [0.5, 0.6) is 11.5 Å². The lowest BCUT2D eigenvalue weighted by atomic mass is 9.93. The molecule has 1 saturated heterocycles. The van der Waals surface area contributed by atoms with Crippen LogP contribution in [0.25, 0.3) is 0 Å². The van der Waals surface area contributed by atoms with Crippen LogP contribution in [-0.2, 0) is 14.8 Å². The van der Waals surface area contributed by atoms with E-state index in [2.05, 4.69) is 5.23 Å². The van der Waals surface area contributed by atoms with E-state index in [4.69, 9.17) is 27.9 Å². The van der Waals surface area contributed by atoms with E-state index in [1.165, 1.54) is 48.1 Å². The number of nitrogens with zero attached hydrogens (tertiary/aromatic N) is 2. The smallest absolute Gasteiger partial charge is 0.290 e. The van der Waals surface area contributed by atoms with Crippen molar-refractivity contribution in [3.05, 3.63) is 52.0 Å². The average molecular weight is 465 g/mol. The third-order valence-electron chi connectivity index (χ3n) is 4.61. The zero-order valence-corrected chi connectivity index (χ0v) is 18.0. The van der Waals surface area contributed by atoms with Crippen molar-refractivity contribution in [2.24, 2.45) is 0 Å². The molecule has 3 rings (SSSR count). The van der Waals surface area contributed by atoms with E-state index in [0.29, 0.717) is 29.1 Å². The number of halogens is 2. The molecule has 0 unspecified atom stereocenters. The zero-order chi connectivity index (χ0) is 21.7. The second-order valence-corrected chi connectivity index (χ2v) is 9.41. The maximum atomic E-state index is 13.3. The van der Waals surface area contributed by atoms with Crippen molar-refractivity contribution in [3.63, 3.8) is 0 Å². The molecule has 1 heterocycles. The van der Waals surface area contributed by atoms with Gasteiger partial charge in [0.05, 0.1) is 17.8 Å². The molecule has 0 aromatic heterocycles. The van der Waals surface area contributed by atoms with Gasteiger partial charge >= 0.3 is 0 Å². The lowest BCUT2D eigenvalue weighted by Crippen LogP contribution is -2.46. The van der Waals surface area contributed by atoms with Crippen molar-refractivity contribution in [1.29, 1.82) is 5.26 Å². The highest BCUT2D eigenvalue weighted by molar-refractivity contribution is 7.89. The molecule has 0 bridgehead atoms. The van der Waals surface area contributed by atoms with Crippen LogP contribution in [0.2, 0.25) is 10.0 Å². The third kappa shape index (κ3) is 5.33. The number of sulfonamides is 1. The van der Waals surface area contributed by atoms with Crippen LogP contribution in [0.4, 0.5) is 0 Å². The van der Waals surface area contributed by atoms with E-state index in [0.717, 1.165) is 0 Å². The lowest BCUT2D eigenvalue weighted by molar-refractivity contribution is 0.309. The highest BCUT2D eigenvalue weighted by Gasteiger charge is 2.32. The number of carbonyl (C=O) groups excluding carboxylic acids is 1. The Kier molecular flexibility index (Phi) is 7.39. The standard InChI is InChI=1S/C19H17BCl2N3O4S/c21-14-8-15(22)10-17(9-14)29-18-2-1-13(11-23)7-19(18)30(27,28)25-5-3-16(4-6-25)24-20-12-26/h1-2,7-10,12,16,24H,3-6H2. The summed E-state index contributed by atoms with van der Waals surface area (Å²) in [5.41, 5.74) is 0.196. The quantitative estimate of drug-likeness (QED) is 0.498. The molecular weight excluding hydrogens is 448 g/mol. The zero-order valence-electron chi connectivity index (χ0n) is 15.7. The van der Waals surface area contributed by atoms with Crippen molar-refractivity contribution in [3.8, 4) is 17.6 Å². The number of carbonyl (C=O) groups is 1. The first-order valence-electron chi connectivity index (χ1n) is 9.05. The summed E-state index contributed by atoms with van der Waals surface area (Å²) in [5.74, 6) is 0.350. The van der Waals surface area contributed by atoms with Crippen molar-refractivity contribution >= 4 is 46.8 Å². The van der Waals surface area contributed by atoms with Gasteiger partial charge in [-0.25, -0.2) is 8.42 Å². The molecule has 11 heteroatoms. The maximum absolute atomic E-state index is 13.3. The van der Waals surface area contributed by atoms with E-state index >= 15 is 0 Å². The molecule has 1 N–H and O–H groups in total. The van der Waals surface area contributed by atoms with Gasteiger partial charge in [0, 0.05) is 23.1 Å². The number of benzene rings is 2. The van der Waals surface area contributed by atoms with Gasteiger partial charge in [-0.2, -0.15) is 9.57 Å². The number of ether oxygens (including phenoxy) is 1. The first-order valence-corrected chi connectivity index (χ1v) is 11.2. The van der Waals surface area contributed by atoms with Crippen molar-refractivity contribution < 1.29 is 17.9 Å². The van der Waals surface area contributed by atoms with Gasteiger partial charge < -0.3 is 14.8 Å². The topological polar surface area (TPSA) is 99.5 Å². The van der Waals surface area contributed by atoms with Crippen LogP contribution in [0.3, 0.4) is 0 Å². The van der Waals surface area contributed by atoms with Crippen LogP contribution >= 0.6 is 23.2 Å². The van der Waals surface area contributed by atoms with Crippen molar-refractivity contribution in [1.82, 2.24) is 9.53 Å². The van der Waals surface area contributed by atoms with Crippen LogP contribution in [0.1, 0.15) is 18.4 Å². The molecule has 2 aromatic carbocycles. The Balaban J connectivity index is 1.90. The van der Waals surface area contributed by atoms with Gasteiger partial charge in [0.2, 0.25) is 10.0 Å². The lowest BCUT2D eigenvalue weighted by Gasteiger charge is -2.31. The highest BCUT2D eigenvalue weighted by Crippen LogP contribution is 2.34. The second-order valence-electron chi connectivity index (χ2n) is 6.63. The average Bonchev–Trinajstić information content (AvgIpc) is 2.72. The summed E-state index contributed by atoms with van der Waals surface area (Å²) in [7, 11) is -2.61. The van der Waals surface area contributed by atoms with E-state index in [1.807, 2.05) is 6.07 Å². The molecule has 0 saturated carbocycles. The minimum Gasteiger partial charge on any atom is -0.456 e. The van der Waals surface area contributed by atoms with Crippen LogP contribution in [0.15, 0.2) is 41.3 Å². The Morgan fingerprint density at radius 1 is 1.17 bits per heavy atom. The Morgan fingerprint density at radius 3 is 2.43 bits per heavy atom. The number of rotatable bonds is 7. The Bertz CT molecular complexity index is 1060. The van der Waals surface area contributed by atoms with Gasteiger partial charge in [0.25, 0.3) is 7.41 Å². The van der Waals surface area contributed by atoms with Crippen LogP contribution in [-0.4, -0.2) is 45.5 Å². The number of piperidine rings is 1. The van der Waals surface area contributed by atoms with Crippen LogP contribution in [0, 0.1) is 11.3 Å². The van der Waals surface area contributed by atoms with Gasteiger partial charge in [-0.15, -0.1) is 0 Å². The Hall–Kier alpha value is -2.09. The van der Waals surface area contributed by atoms with E-state index in [1.54, 1.807) is 0 Å². The molecule has 1 aliphatic heterocycles. The molecule has 30 heavy (non-hydrogen) atoms. The van der Waals surface area contributed by atoms with Gasteiger partial charge in [0.1, 0.15) is 16.4 Å². The normalized spacial score (nSPS) is 15.4. The maximum Gasteiger partial charge on any atom is 0.290 e. The minimum absolute atomic E-state index is 0.0245. The van der Waals surface area contributed by atoms with Crippen molar-refractivity contribution in [2.75, 3.05) is 13.1 Å². The summed E-state index contributed by atoms with van der Waals surface area (Å²) >= 11 is 12.0. The predicted molar refractivity (Wildman–Crippen MR) is 115 cm³/mol. The monoisotopic (exact) mass is 464 g/mol. The fraction of sp³-hybridized carbons (Fsp3) is 0.263. The predicted octanol–water partition coefficient (Wildman–Crippen LogP) is 3.21. The molecule has 7 nitrogen and oxygen atoms in total. The molecule has 0 atom stereocenters. The summed E-state index contributed by atoms with van der Waals surface area (Å²) in [5, 5.41) is 12.9. The summed E-state index contributed by atoms with van der Waals surface area (Å²) in [6.07, 6.45) is 1.74. The van der Waals surface area contributed by atoms with E-state index in [9.17, 15) is 18.5 Å². The molecule has 0 aliphatic carbocycles. The second kappa shape index (κ2) is 9.81. The summed E-state index contributed by atoms with van der Waals surface area (Å²) in [6, 6.07) is 10.8. The fourth-order valence-corrected chi connectivity index (χ4v) is 5.27.